The van der Waals surface area contributed by atoms with Crippen molar-refractivity contribution in [1.82, 2.24) is 4.90 Å². The second kappa shape index (κ2) is 8.31. The SMILES string of the molecule is COc1cc(NC(=O)c2cccc(C(=O)N3CCCC3)c2)c(OC)cc1Cl. The standard InChI is InChI=1S/C20H21ClN2O4/c1-26-17-12-16(18(27-2)11-15(17)21)22-19(24)13-6-5-7-14(10-13)20(25)23-8-3-4-9-23/h5-7,10-12H,3-4,8-9H2,1-2H3,(H,22,24). The van der Waals surface area contributed by atoms with Crippen LogP contribution in [0, 0.1) is 0 Å². The van der Waals surface area contributed by atoms with E-state index in [1.165, 1.54) is 14.2 Å². The van der Waals surface area contributed by atoms with E-state index in [2.05, 4.69) is 5.32 Å². The Labute approximate surface area is 163 Å². The molecule has 1 N–H and O–H groups in total. The second-order valence-corrected chi connectivity index (χ2v) is 6.63. The molecule has 0 radical (unpaired) electrons. The van der Waals surface area contributed by atoms with Crippen LogP contribution in [0.4, 0.5) is 5.69 Å². The molecule has 142 valence electrons. The van der Waals surface area contributed by atoms with Crippen molar-refractivity contribution < 1.29 is 19.1 Å². The first kappa shape index (κ1) is 19.0. The number of halogens is 1. The summed E-state index contributed by atoms with van der Waals surface area (Å²) in [6.45, 7) is 1.52. The Morgan fingerprint density at radius 1 is 1.00 bits per heavy atom. The maximum absolute atomic E-state index is 12.7. The Bertz CT molecular complexity index is 863. The zero-order chi connectivity index (χ0) is 19.4. The highest BCUT2D eigenvalue weighted by Gasteiger charge is 2.20. The zero-order valence-corrected chi connectivity index (χ0v) is 16.0. The van der Waals surface area contributed by atoms with Crippen molar-refractivity contribution in [3.8, 4) is 11.5 Å². The van der Waals surface area contributed by atoms with Crippen LogP contribution in [0.1, 0.15) is 33.6 Å². The van der Waals surface area contributed by atoms with Gasteiger partial charge in [0.25, 0.3) is 11.8 Å². The third-order valence-electron chi connectivity index (χ3n) is 4.49. The van der Waals surface area contributed by atoms with E-state index in [0.29, 0.717) is 33.3 Å². The molecule has 1 fully saturated rings. The van der Waals surface area contributed by atoms with E-state index in [9.17, 15) is 9.59 Å². The minimum atomic E-state index is -0.353. The van der Waals surface area contributed by atoms with E-state index < -0.39 is 0 Å². The van der Waals surface area contributed by atoms with Crippen LogP contribution >= 0.6 is 11.6 Å². The van der Waals surface area contributed by atoms with Crippen molar-refractivity contribution in [2.45, 2.75) is 12.8 Å². The number of amides is 2. The van der Waals surface area contributed by atoms with Crippen LogP contribution in [-0.4, -0.2) is 44.0 Å². The molecule has 27 heavy (non-hydrogen) atoms. The lowest BCUT2D eigenvalue weighted by Gasteiger charge is -2.16. The van der Waals surface area contributed by atoms with Crippen LogP contribution in [0.5, 0.6) is 11.5 Å². The molecule has 0 saturated carbocycles. The first-order chi connectivity index (χ1) is 13.0. The van der Waals surface area contributed by atoms with Crippen LogP contribution in [0.2, 0.25) is 5.02 Å². The molecule has 0 spiro atoms. The predicted octanol–water partition coefficient (Wildman–Crippen LogP) is 3.85. The molecule has 1 aliphatic rings. The summed E-state index contributed by atoms with van der Waals surface area (Å²) >= 11 is 6.09. The lowest BCUT2D eigenvalue weighted by molar-refractivity contribution is 0.0793. The van der Waals surface area contributed by atoms with Gasteiger partial charge in [-0.15, -0.1) is 0 Å². The van der Waals surface area contributed by atoms with Gasteiger partial charge in [-0.1, -0.05) is 17.7 Å². The topological polar surface area (TPSA) is 67.9 Å². The van der Waals surface area contributed by atoms with Crippen LogP contribution in [0.3, 0.4) is 0 Å². The van der Waals surface area contributed by atoms with Crippen molar-refractivity contribution in [2.75, 3.05) is 32.6 Å². The second-order valence-electron chi connectivity index (χ2n) is 6.22. The highest BCUT2D eigenvalue weighted by molar-refractivity contribution is 6.32. The number of anilines is 1. The number of nitrogens with zero attached hydrogens (tertiary/aromatic N) is 1. The maximum Gasteiger partial charge on any atom is 0.255 e. The van der Waals surface area contributed by atoms with Gasteiger partial charge in [-0.05, 0) is 31.0 Å². The van der Waals surface area contributed by atoms with Crippen LogP contribution < -0.4 is 14.8 Å². The molecule has 0 bridgehead atoms. The fraction of sp³-hybridized carbons (Fsp3) is 0.300. The molecule has 2 aromatic rings. The molecule has 1 saturated heterocycles. The van der Waals surface area contributed by atoms with E-state index in [1.54, 1.807) is 36.4 Å². The predicted molar refractivity (Wildman–Crippen MR) is 104 cm³/mol. The molecule has 0 unspecified atom stereocenters. The fourth-order valence-corrected chi connectivity index (χ4v) is 3.28. The summed E-state index contributed by atoms with van der Waals surface area (Å²) in [4.78, 5) is 27.1. The number of carbonyl (C=O) groups excluding carboxylic acids is 2. The van der Waals surface area contributed by atoms with Gasteiger partial charge >= 0.3 is 0 Å². The lowest BCUT2D eigenvalue weighted by atomic mass is 10.1. The Balaban J connectivity index is 1.82. The van der Waals surface area contributed by atoms with Gasteiger partial charge in [-0.3, -0.25) is 9.59 Å². The smallest absolute Gasteiger partial charge is 0.255 e. The normalized spacial score (nSPS) is 13.4. The summed E-state index contributed by atoms with van der Waals surface area (Å²) in [7, 11) is 2.98. The van der Waals surface area contributed by atoms with Gasteiger partial charge in [0.15, 0.2) is 0 Å². The third-order valence-corrected chi connectivity index (χ3v) is 4.78. The van der Waals surface area contributed by atoms with Crippen molar-refractivity contribution in [3.05, 3.63) is 52.5 Å². The summed E-state index contributed by atoms with van der Waals surface area (Å²) in [5.41, 5.74) is 1.32. The van der Waals surface area contributed by atoms with Gasteiger partial charge in [0, 0.05) is 36.3 Å². The van der Waals surface area contributed by atoms with E-state index >= 15 is 0 Å². The molecule has 1 heterocycles. The number of carbonyl (C=O) groups is 2. The van der Waals surface area contributed by atoms with Crippen LogP contribution in [0.15, 0.2) is 36.4 Å². The van der Waals surface area contributed by atoms with E-state index in [0.717, 1.165) is 25.9 Å². The van der Waals surface area contributed by atoms with Crippen molar-refractivity contribution in [1.29, 1.82) is 0 Å². The number of ether oxygens (including phenoxy) is 2. The molecular formula is C20H21ClN2O4. The minimum Gasteiger partial charge on any atom is -0.495 e. The summed E-state index contributed by atoms with van der Waals surface area (Å²) in [5, 5.41) is 3.17. The van der Waals surface area contributed by atoms with Crippen LogP contribution in [0.25, 0.3) is 0 Å². The van der Waals surface area contributed by atoms with Crippen molar-refractivity contribution >= 4 is 29.1 Å². The van der Waals surface area contributed by atoms with Gasteiger partial charge in [0.1, 0.15) is 11.5 Å². The molecular weight excluding hydrogens is 368 g/mol. The number of nitrogens with one attached hydrogen (secondary N) is 1. The third kappa shape index (κ3) is 4.17. The summed E-state index contributed by atoms with van der Waals surface area (Å²) in [5.74, 6) is 0.436. The monoisotopic (exact) mass is 388 g/mol. The zero-order valence-electron chi connectivity index (χ0n) is 15.3. The van der Waals surface area contributed by atoms with Gasteiger partial charge in [0.2, 0.25) is 0 Å². The van der Waals surface area contributed by atoms with Gasteiger partial charge in [-0.25, -0.2) is 0 Å². The molecule has 0 aromatic heterocycles. The number of hydrogen-bond acceptors (Lipinski definition) is 4. The largest absolute Gasteiger partial charge is 0.495 e. The Hall–Kier alpha value is -2.73. The molecule has 2 amide bonds. The summed E-state index contributed by atoms with van der Waals surface area (Å²) in [6.07, 6.45) is 2.04. The van der Waals surface area contributed by atoms with E-state index in [4.69, 9.17) is 21.1 Å². The quantitative estimate of drug-likeness (QED) is 0.844. The molecule has 6 nitrogen and oxygen atoms in total. The summed E-state index contributed by atoms with van der Waals surface area (Å²) < 4.78 is 10.5. The van der Waals surface area contributed by atoms with Gasteiger partial charge in [0.05, 0.1) is 24.9 Å². The Morgan fingerprint density at radius 2 is 1.67 bits per heavy atom. The van der Waals surface area contributed by atoms with Gasteiger partial charge < -0.3 is 19.7 Å². The number of hydrogen-bond donors (Lipinski definition) is 1. The molecule has 3 rings (SSSR count). The molecule has 0 aliphatic carbocycles. The first-order valence-corrected chi connectivity index (χ1v) is 9.03. The number of likely N-dealkylation sites (tertiary alicyclic amines) is 1. The Morgan fingerprint density at radius 3 is 2.33 bits per heavy atom. The maximum atomic E-state index is 12.7. The molecule has 1 aliphatic heterocycles. The number of benzene rings is 2. The van der Waals surface area contributed by atoms with Gasteiger partial charge in [-0.2, -0.15) is 0 Å². The molecule has 2 aromatic carbocycles. The Kier molecular flexibility index (Phi) is 5.86. The number of rotatable bonds is 5. The molecule has 7 heteroatoms. The highest BCUT2D eigenvalue weighted by Crippen LogP contribution is 2.36. The average Bonchev–Trinajstić information content (AvgIpc) is 3.23. The summed E-state index contributed by atoms with van der Waals surface area (Å²) in [6, 6.07) is 9.87. The van der Waals surface area contributed by atoms with Crippen molar-refractivity contribution in [3.63, 3.8) is 0 Å². The van der Waals surface area contributed by atoms with Crippen LogP contribution in [-0.2, 0) is 0 Å². The first-order valence-electron chi connectivity index (χ1n) is 8.65. The number of methoxy groups -OCH3 is 2. The molecule has 0 atom stereocenters. The minimum absolute atomic E-state index is 0.0482. The average molecular weight is 389 g/mol. The highest BCUT2D eigenvalue weighted by atomic mass is 35.5. The van der Waals surface area contributed by atoms with Crippen molar-refractivity contribution in [2.24, 2.45) is 0 Å². The van der Waals surface area contributed by atoms with E-state index in [1.807, 2.05) is 4.90 Å². The fourth-order valence-electron chi connectivity index (χ4n) is 3.05. The van der Waals surface area contributed by atoms with E-state index in [-0.39, 0.29) is 11.8 Å². The lowest BCUT2D eigenvalue weighted by Crippen LogP contribution is -2.27.